The normalized spacial score (nSPS) is 20.0. The number of terminal acetylenes is 1. The molecule has 0 N–H and O–H groups in total. The van der Waals surface area contributed by atoms with Gasteiger partial charge in [-0.1, -0.05) is 41.3 Å². The predicted molar refractivity (Wildman–Crippen MR) is 98.2 cm³/mol. The SMILES string of the molecule is C#CC(=C1SCC(c2cccc(Cl)c2Cl)S1)c1cncn1C. The Labute approximate surface area is 148 Å². The van der Waals surface area contributed by atoms with E-state index in [0.717, 1.165) is 26.8 Å². The molecule has 6 heteroatoms. The van der Waals surface area contributed by atoms with E-state index in [1.54, 1.807) is 42.1 Å². The second-order valence-corrected chi connectivity index (χ2v) is 8.04. The number of aromatic nitrogens is 2. The van der Waals surface area contributed by atoms with Gasteiger partial charge in [0.2, 0.25) is 0 Å². The number of allylic oxidation sites excluding steroid dienone is 1. The van der Waals surface area contributed by atoms with Crippen molar-refractivity contribution in [2.75, 3.05) is 5.75 Å². The summed E-state index contributed by atoms with van der Waals surface area (Å²) in [6.45, 7) is 0. The predicted octanol–water partition coefficient (Wildman–Crippen LogP) is 5.25. The van der Waals surface area contributed by atoms with E-state index in [9.17, 15) is 0 Å². The van der Waals surface area contributed by atoms with Crippen LogP contribution in [-0.2, 0) is 7.05 Å². The minimum absolute atomic E-state index is 0.253. The zero-order valence-corrected chi connectivity index (χ0v) is 14.9. The Balaban J connectivity index is 1.94. The Morgan fingerprint density at radius 3 is 2.95 bits per heavy atom. The van der Waals surface area contributed by atoms with Crippen molar-refractivity contribution in [3.63, 3.8) is 0 Å². The second-order valence-electron chi connectivity index (χ2n) is 4.76. The summed E-state index contributed by atoms with van der Waals surface area (Å²) >= 11 is 15.9. The summed E-state index contributed by atoms with van der Waals surface area (Å²) in [6, 6.07) is 5.76. The van der Waals surface area contributed by atoms with Crippen LogP contribution < -0.4 is 0 Å². The fraction of sp³-hybridized carbons (Fsp3) is 0.188. The zero-order chi connectivity index (χ0) is 15.7. The first kappa shape index (κ1) is 15.9. The lowest BCUT2D eigenvalue weighted by Gasteiger charge is -2.11. The Hall–Kier alpha value is -0.990. The van der Waals surface area contributed by atoms with Gasteiger partial charge in [0.15, 0.2) is 0 Å². The van der Waals surface area contributed by atoms with Gasteiger partial charge in [0.05, 0.1) is 38.1 Å². The minimum Gasteiger partial charge on any atom is -0.333 e. The van der Waals surface area contributed by atoms with Gasteiger partial charge >= 0.3 is 0 Å². The molecule has 0 saturated carbocycles. The van der Waals surface area contributed by atoms with Crippen LogP contribution in [0, 0.1) is 12.3 Å². The van der Waals surface area contributed by atoms with Crippen molar-refractivity contribution in [1.29, 1.82) is 0 Å². The van der Waals surface area contributed by atoms with Crippen LogP contribution in [0.3, 0.4) is 0 Å². The van der Waals surface area contributed by atoms with E-state index in [1.165, 1.54) is 0 Å². The van der Waals surface area contributed by atoms with Crippen LogP contribution in [0.15, 0.2) is 35.0 Å². The summed E-state index contributed by atoms with van der Waals surface area (Å²) < 4.78 is 3.07. The number of hydrogen-bond donors (Lipinski definition) is 0. The maximum Gasteiger partial charge on any atom is 0.0948 e. The highest BCUT2D eigenvalue weighted by Gasteiger charge is 2.28. The second kappa shape index (κ2) is 6.64. The Bertz CT molecular complexity index is 790. The first-order valence-electron chi connectivity index (χ1n) is 6.52. The Morgan fingerprint density at radius 1 is 1.45 bits per heavy atom. The van der Waals surface area contributed by atoms with Crippen LogP contribution in [0.4, 0.5) is 0 Å². The van der Waals surface area contributed by atoms with E-state index in [4.69, 9.17) is 29.6 Å². The molecule has 2 aromatic rings. The van der Waals surface area contributed by atoms with Gasteiger partial charge in [-0.15, -0.1) is 29.9 Å². The monoisotopic (exact) mass is 366 g/mol. The van der Waals surface area contributed by atoms with Gasteiger partial charge < -0.3 is 4.57 Å². The number of hydrogen-bond acceptors (Lipinski definition) is 3. The molecule has 0 spiro atoms. The van der Waals surface area contributed by atoms with Crippen LogP contribution in [0.2, 0.25) is 10.0 Å². The number of benzene rings is 1. The molecule has 1 aliphatic heterocycles. The molecular formula is C16H12Cl2N2S2. The van der Waals surface area contributed by atoms with Gasteiger partial charge in [0, 0.05) is 18.1 Å². The zero-order valence-electron chi connectivity index (χ0n) is 11.7. The summed E-state index contributed by atoms with van der Waals surface area (Å²) in [6.07, 6.45) is 9.28. The quantitative estimate of drug-likeness (QED) is 0.675. The highest BCUT2D eigenvalue weighted by Crippen LogP contribution is 2.54. The van der Waals surface area contributed by atoms with Gasteiger partial charge in [-0.05, 0) is 11.6 Å². The molecular weight excluding hydrogens is 355 g/mol. The summed E-state index contributed by atoms with van der Waals surface area (Å²) in [5.41, 5.74) is 2.90. The third-order valence-electron chi connectivity index (χ3n) is 3.36. The molecule has 3 rings (SSSR count). The van der Waals surface area contributed by atoms with Crippen molar-refractivity contribution in [2.24, 2.45) is 7.05 Å². The van der Waals surface area contributed by atoms with Crippen LogP contribution in [0.1, 0.15) is 16.5 Å². The largest absolute Gasteiger partial charge is 0.333 e. The van der Waals surface area contributed by atoms with Crippen LogP contribution in [0.25, 0.3) is 5.57 Å². The Kier molecular flexibility index (Phi) is 4.79. The van der Waals surface area contributed by atoms with Crippen molar-refractivity contribution < 1.29 is 0 Å². The fourth-order valence-electron chi connectivity index (χ4n) is 2.24. The molecule has 2 heterocycles. The minimum atomic E-state index is 0.253. The topological polar surface area (TPSA) is 17.8 Å². The molecule has 2 nitrogen and oxygen atoms in total. The molecule has 1 aromatic carbocycles. The molecule has 1 unspecified atom stereocenters. The lowest BCUT2D eigenvalue weighted by Crippen LogP contribution is -1.94. The smallest absolute Gasteiger partial charge is 0.0948 e. The average molecular weight is 367 g/mol. The van der Waals surface area contributed by atoms with E-state index in [1.807, 2.05) is 23.7 Å². The number of thioether (sulfide) groups is 2. The molecule has 22 heavy (non-hydrogen) atoms. The highest BCUT2D eigenvalue weighted by atomic mass is 35.5. The van der Waals surface area contributed by atoms with Gasteiger partial charge in [0.1, 0.15) is 0 Å². The third kappa shape index (κ3) is 2.91. The maximum absolute atomic E-state index is 6.33. The number of nitrogens with zero attached hydrogens (tertiary/aromatic N) is 2. The highest BCUT2D eigenvalue weighted by molar-refractivity contribution is 8.25. The van der Waals surface area contributed by atoms with Gasteiger partial charge in [-0.2, -0.15) is 0 Å². The summed E-state index contributed by atoms with van der Waals surface area (Å²) in [5.74, 6) is 3.72. The standard InChI is InChI=1S/C16H12Cl2N2S2/c1-3-10(13-7-19-9-20(13)2)16-21-8-14(22-16)11-5-4-6-12(17)15(11)18/h1,4-7,9,14H,8H2,2H3. The number of imidazole rings is 1. The van der Waals surface area contributed by atoms with E-state index in [-0.39, 0.29) is 5.25 Å². The van der Waals surface area contributed by atoms with Crippen molar-refractivity contribution in [1.82, 2.24) is 9.55 Å². The summed E-state index contributed by atoms with van der Waals surface area (Å²) in [7, 11) is 1.94. The third-order valence-corrected chi connectivity index (χ3v) is 7.14. The molecule has 1 fully saturated rings. The first-order chi connectivity index (χ1) is 10.6. The van der Waals surface area contributed by atoms with E-state index >= 15 is 0 Å². The first-order valence-corrected chi connectivity index (χ1v) is 9.15. The molecule has 1 saturated heterocycles. The fourth-order valence-corrected chi connectivity index (χ4v) is 5.70. The number of rotatable bonds is 2. The van der Waals surface area contributed by atoms with E-state index in [2.05, 4.69) is 10.9 Å². The number of halogens is 2. The Morgan fingerprint density at radius 2 is 2.27 bits per heavy atom. The molecule has 112 valence electrons. The van der Waals surface area contributed by atoms with Crippen LogP contribution in [-0.4, -0.2) is 15.3 Å². The van der Waals surface area contributed by atoms with Crippen molar-refractivity contribution in [3.05, 3.63) is 56.3 Å². The van der Waals surface area contributed by atoms with Crippen molar-refractivity contribution in [3.8, 4) is 12.3 Å². The molecule has 0 bridgehead atoms. The van der Waals surface area contributed by atoms with Gasteiger partial charge in [-0.25, -0.2) is 4.98 Å². The van der Waals surface area contributed by atoms with Crippen molar-refractivity contribution >= 4 is 52.3 Å². The van der Waals surface area contributed by atoms with E-state index < -0.39 is 0 Å². The maximum atomic E-state index is 6.33. The molecule has 1 aromatic heterocycles. The molecule has 1 aliphatic rings. The summed E-state index contributed by atoms with van der Waals surface area (Å²) in [4.78, 5) is 4.14. The summed E-state index contributed by atoms with van der Waals surface area (Å²) in [5, 5.41) is 1.47. The molecule has 0 radical (unpaired) electrons. The molecule has 0 amide bonds. The van der Waals surface area contributed by atoms with Crippen LogP contribution in [0.5, 0.6) is 0 Å². The average Bonchev–Trinajstić information content (AvgIpc) is 3.14. The van der Waals surface area contributed by atoms with Gasteiger partial charge in [0.25, 0.3) is 0 Å². The van der Waals surface area contributed by atoms with Crippen molar-refractivity contribution in [2.45, 2.75) is 5.25 Å². The molecule has 1 atom stereocenters. The van der Waals surface area contributed by atoms with Gasteiger partial charge in [-0.3, -0.25) is 0 Å². The van der Waals surface area contributed by atoms with E-state index in [0.29, 0.717) is 10.0 Å². The lowest BCUT2D eigenvalue weighted by molar-refractivity contribution is 0.899. The number of aryl methyl sites for hydroxylation is 1. The molecule has 0 aliphatic carbocycles. The van der Waals surface area contributed by atoms with Crippen LogP contribution >= 0.6 is 46.7 Å². The lowest BCUT2D eigenvalue weighted by atomic mass is 10.2.